The molecule has 21 heavy (non-hydrogen) atoms. The molecule has 3 nitrogen and oxygen atoms in total. The summed E-state index contributed by atoms with van der Waals surface area (Å²) in [6.45, 7) is 4.98. The first-order valence-corrected chi connectivity index (χ1v) is 7.77. The second-order valence-corrected chi connectivity index (χ2v) is 4.94. The van der Waals surface area contributed by atoms with E-state index in [0.29, 0.717) is 13.0 Å². The van der Waals surface area contributed by atoms with Crippen LogP contribution in [0.5, 0.6) is 5.75 Å². The van der Waals surface area contributed by atoms with Crippen LogP contribution in [0.2, 0.25) is 0 Å². The Morgan fingerprint density at radius 3 is 2.81 bits per heavy atom. The van der Waals surface area contributed by atoms with Gasteiger partial charge in [-0.2, -0.15) is 0 Å². The molecule has 0 saturated heterocycles. The molecule has 1 aromatic rings. The van der Waals surface area contributed by atoms with E-state index < -0.39 is 0 Å². The highest BCUT2D eigenvalue weighted by Crippen LogP contribution is 2.15. The average molecular weight is 290 g/mol. The maximum absolute atomic E-state index is 11.7. The van der Waals surface area contributed by atoms with Crippen LogP contribution in [0, 0.1) is 0 Å². The van der Waals surface area contributed by atoms with E-state index in [1.807, 2.05) is 37.3 Å². The first kappa shape index (κ1) is 17.4. The van der Waals surface area contributed by atoms with E-state index in [0.717, 1.165) is 24.2 Å². The van der Waals surface area contributed by atoms with Crippen LogP contribution < -0.4 is 4.74 Å². The van der Waals surface area contributed by atoms with Crippen LogP contribution in [-0.4, -0.2) is 19.2 Å². The van der Waals surface area contributed by atoms with Crippen molar-refractivity contribution in [2.75, 3.05) is 13.4 Å². The normalized spacial score (nSPS) is 11.0. The first-order chi connectivity index (χ1) is 10.3. The number of allylic oxidation sites excluding steroid dienone is 1. The smallest absolute Gasteiger partial charge is 0.189 e. The summed E-state index contributed by atoms with van der Waals surface area (Å²) in [5.74, 6) is 0.938. The number of rotatable bonds is 11. The molecule has 0 aliphatic rings. The van der Waals surface area contributed by atoms with E-state index in [9.17, 15) is 4.79 Å². The standard InChI is InChI=1S/C18H26O3/c1-3-5-6-7-10-17(19)13-12-16-9-8-11-18(14-16)21-15-20-4-2/h8-9,11-14H,3-7,10,15H2,1-2H3/b13-12-. The number of ether oxygens (including phenoxy) is 2. The highest BCUT2D eigenvalue weighted by molar-refractivity contribution is 5.93. The molecule has 3 heteroatoms. The van der Waals surface area contributed by atoms with Gasteiger partial charge in [0.05, 0.1) is 0 Å². The zero-order valence-corrected chi connectivity index (χ0v) is 13.1. The second kappa shape index (κ2) is 11.1. The minimum absolute atomic E-state index is 0.187. The lowest BCUT2D eigenvalue weighted by atomic mass is 10.1. The van der Waals surface area contributed by atoms with Gasteiger partial charge in [0.25, 0.3) is 0 Å². The van der Waals surface area contributed by atoms with Crippen molar-refractivity contribution in [3.8, 4) is 5.75 Å². The summed E-state index contributed by atoms with van der Waals surface area (Å²) in [7, 11) is 0. The molecule has 0 heterocycles. The number of unbranched alkanes of at least 4 members (excludes halogenated alkanes) is 3. The number of ketones is 1. The van der Waals surface area contributed by atoms with Crippen LogP contribution in [-0.2, 0) is 9.53 Å². The van der Waals surface area contributed by atoms with Gasteiger partial charge < -0.3 is 9.47 Å². The van der Waals surface area contributed by atoms with Crippen molar-refractivity contribution < 1.29 is 14.3 Å². The first-order valence-electron chi connectivity index (χ1n) is 7.77. The molecular weight excluding hydrogens is 264 g/mol. The van der Waals surface area contributed by atoms with Crippen molar-refractivity contribution in [2.24, 2.45) is 0 Å². The van der Waals surface area contributed by atoms with Gasteiger partial charge in [-0.05, 0) is 37.1 Å². The molecule has 0 atom stereocenters. The van der Waals surface area contributed by atoms with Gasteiger partial charge in [-0.1, -0.05) is 44.4 Å². The summed E-state index contributed by atoms with van der Waals surface area (Å²) in [5.41, 5.74) is 0.964. The highest BCUT2D eigenvalue weighted by Gasteiger charge is 1.98. The molecule has 1 aromatic carbocycles. The number of benzene rings is 1. The van der Waals surface area contributed by atoms with Crippen molar-refractivity contribution in [2.45, 2.75) is 46.0 Å². The quantitative estimate of drug-likeness (QED) is 0.339. The summed E-state index contributed by atoms with van der Waals surface area (Å²) in [4.78, 5) is 11.7. The maximum Gasteiger partial charge on any atom is 0.189 e. The Balaban J connectivity index is 2.40. The number of carbonyl (C=O) groups is 1. The van der Waals surface area contributed by atoms with Crippen molar-refractivity contribution in [1.82, 2.24) is 0 Å². The summed E-state index contributed by atoms with van der Waals surface area (Å²) in [6, 6.07) is 7.64. The zero-order chi connectivity index (χ0) is 15.3. The molecule has 0 spiro atoms. The summed E-state index contributed by atoms with van der Waals surface area (Å²) in [6.07, 6.45) is 8.65. The minimum Gasteiger partial charge on any atom is -0.468 e. The second-order valence-electron chi connectivity index (χ2n) is 4.94. The van der Waals surface area contributed by atoms with Gasteiger partial charge >= 0.3 is 0 Å². The third kappa shape index (κ3) is 8.30. The molecule has 0 saturated carbocycles. The van der Waals surface area contributed by atoms with Crippen molar-refractivity contribution in [3.05, 3.63) is 35.9 Å². The third-order valence-corrected chi connectivity index (χ3v) is 3.11. The Kier molecular flexibility index (Phi) is 9.21. The Morgan fingerprint density at radius 1 is 1.19 bits per heavy atom. The molecule has 0 N–H and O–H groups in total. The molecule has 0 aromatic heterocycles. The van der Waals surface area contributed by atoms with Gasteiger partial charge in [0.15, 0.2) is 12.6 Å². The minimum atomic E-state index is 0.187. The van der Waals surface area contributed by atoms with E-state index in [1.165, 1.54) is 12.8 Å². The van der Waals surface area contributed by atoms with Gasteiger partial charge in [0.1, 0.15) is 5.75 Å². The SMILES string of the molecule is CCCCCCC(=O)/C=C\c1cccc(OCOCC)c1. The fourth-order valence-electron chi connectivity index (χ4n) is 1.90. The molecule has 0 radical (unpaired) electrons. The zero-order valence-electron chi connectivity index (χ0n) is 13.1. The highest BCUT2D eigenvalue weighted by atomic mass is 16.7. The predicted molar refractivity (Wildman–Crippen MR) is 86.4 cm³/mol. The monoisotopic (exact) mass is 290 g/mol. The van der Waals surface area contributed by atoms with E-state index in [1.54, 1.807) is 6.08 Å². The molecule has 0 fully saturated rings. The summed E-state index contributed by atoms with van der Waals surface area (Å²) < 4.78 is 10.6. The van der Waals surface area contributed by atoms with Crippen LogP contribution in [0.1, 0.15) is 51.5 Å². The molecule has 0 aliphatic heterocycles. The molecule has 116 valence electrons. The fourth-order valence-corrected chi connectivity index (χ4v) is 1.90. The van der Waals surface area contributed by atoms with E-state index in [4.69, 9.17) is 9.47 Å². The Bertz CT molecular complexity index is 438. The van der Waals surface area contributed by atoms with Gasteiger partial charge in [-0.3, -0.25) is 4.79 Å². The largest absolute Gasteiger partial charge is 0.468 e. The van der Waals surface area contributed by atoms with Crippen LogP contribution in [0.15, 0.2) is 30.3 Å². The van der Waals surface area contributed by atoms with Crippen molar-refractivity contribution in [3.63, 3.8) is 0 Å². The molecule has 1 rings (SSSR count). The molecule has 0 bridgehead atoms. The van der Waals surface area contributed by atoms with Crippen LogP contribution in [0.3, 0.4) is 0 Å². The summed E-state index contributed by atoms with van der Waals surface area (Å²) in [5, 5.41) is 0. The summed E-state index contributed by atoms with van der Waals surface area (Å²) >= 11 is 0. The van der Waals surface area contributed by atoms with Crippen LogP contribution in [0.4, 0.5) is 0 Å². The van der Waals surface area contributed by atoms with Crippen LogP contribution in [0.25, 0.3) is 6.08 Å². The lowest BCUT2D eigenvalue weighted by Gasteiger charge is -2.06. The Hall–Kier alpha value is -1.61. The van der Waals surface area contributed by atoms with E-state index in [2.05, 4.69) is 6.92 Å². The number of hydrogen-bond acceptors (Lipinski definition) is 3. The third-order valence-electron chi connectivity index (χ3n) is 3.11. The van der Waals surface area contributed by atoms with Gasteiger partial charge in [-0.25, -0.2) is 0 Å². The molecular formula is C18H26O3. The Morgan fingerprint density at radius 2 is 2.05 bits per heavy atom. The van der Waals surface area contributed by atoms with Crippen LogP contribution >= 0.6 is 0 Å². The van der Waals surface area contributed by atoms with Gasteiger partial charge in [0.2, 0.25) is 0 Å². The lowest BCUT2D eigenvalue weighted by Crippen LogP contribution is -2.01. The lowest BCUT2D eigenvalue weighted by molar-refractivity contribution is -0.114. The van der Waals surface area contributed by atoms with Crippen molar-refractivity contribution >= 4 is 11.9 Å². The molecule has 0 amide bonds. The van der Waals surface area contributed by atoms with E-state index in [-0.39, 0.29) is 12.6 Å². The molecule has 0 unspecified atom stereocenters. The fraction of sp³-hybridized carbons (Fsp3) is 0.500. The number of carbonyl (C=O) groups excluding carboxylic acids is 1. The predicted octanol–water partition coefficient (Wildman–Crippen LogP) is 4.61. The van der Waals surface area contributed by atoms with Gasteiger partial charge in [0, 0.05) is 13.0 Å². The maximum atomic E-state index is 11.7. The van der Waals surface area contributed by atoms with E-state index >= 15 is 0 Å². The average Bonchev–Trinajstić information content (AvgIpc) is 2.50. The van der Waals surface area contributed by atoms with Crippen molar-refractivity contribution in [1.29, 1.82) is 0 Å². The Labute approximate surface area is 128 Å². The number of hydrogen-bond donors (Lipinski definition) is 0. The topological polar surface area (TPSA) is 35.5 Å². The van der Waals surface area contributed by atoms with Gasteiger partial charge in [-0.15, -0.1) is 0 Å². The molecule has 0 aliphatic carbocycles.